The molecule has 1 saturated heterocycles. The Labute approximate surface area is 103 Å². The summed E-state index contributed by atoms with van der Waals surface area (Å²) in [5, 5.41) is 0. The Morgan fingerprint density at radius 3 is 3.18 bits per heavy atom. The maximum Gasteiger partial charge on any atom is 0.128 e. The third-order valence-corrected chi connectivity index (χ3v) is 3.11. The van der Waals surface area contributed by atoms with E-state index in [0.29, 0.717) is 12.6 Å². The molecular formula is C13H21N3O. The lowest BCUT2D eigenvalue weighted by Crippen LogP contribution is -2.40. The Kier molecular flexibility index (Phi) is 4.34. The number of pyridine rings is 1. The summed E-state index contributed by atoms with van der Waals surface area (Å²) in [7, 11) is 0. The normalized spacial score (nSPS) is 20.6. The molecule has 1 aromatic rings. The van der Waals surface area contributed by atoms with Gasteiger partial charge in [-0.2, -0.15) is 0 Å². The molecule has 4 nitrogen and oxygen atoms in total. The minimum atomic E-state index is 0.345. The third-order valence-electron chi connectivity index (χ3n) is 3.11. The molecule has 1 unspecified atom stereocenters. The number of ether oxygens (including phenoxy) is 1. The summed E-state index contributed by atoms with van der Waals surface area (Å²) in [4.78, 5) is 6.85. The Morgan fingerprint density at radius 2 is 2.41 bits per heavy atom. The summed E-state index contributed by atoms with van der Waals surface area (Å²) >= 11 is 0. The van der Waals surface area contributed by atoms with Crippen LogP contribution in [0.5, 0.6) is 0 Å². The van der Waals surface area contributed by atoms with Crippen molar-refractivity contribution < 1.29 is 4.74 Å². The fraction of sp³-hybridized carbons (Fsp3) is 0.615. The highest BCUT2D eigenvalue weighted by Gasteiger charge is 2.20. The molecule has 2 heterocycles. The van der Waals surface area contributed by atoms with Crippen LogP contribution in [0.2, 0.25) is 0 Å². The zero-order valence-electron chi connectivity index (χ0n) is 10.4. The van der Waals surface area contributed by atoms with Gasteiger partial charge >= 0.3 is 0 Å². The highest BCUT2D eigenvalue weighted by Crippen LogP contribution is 2.19. The highest BCUT2D eigenvalue weighted by molar-refractivity contribution is 5.40. The first-order chi connectivity index (χ1) is 8.33. The van der Waals surface area contributed by atoms with Crippen LogP contribution in [0.25, 0.3) is 0 Å². The summed E-state index contributed by atoms with van der Waals surface area (Å²) < 4.78 is 5.70. The molecule has 2 rings (SSSR count). The maximum atomic E-state index is 5.70. The molecule has 1 aliphatic rings. The van der Waals surface area contributed by atoms with Gasteiger partial charge in [-0.3, -0.25) is 0 Å². The molecule has 0 aromatic carbocycles. The monoisotopic (exact) mass is 235 g/mol. The van der Waals surface area contributed by atoms with Crippen LogP contribution in [0.3, 0.4) is 0 Å². The van der Waals surface area contributed by atoms with Crippen LogP contribution in [-0.4, -0.2) is 30.8 Å². The molecule has 17 heavy (non-hydrogen) atoms. The zero-order chi connectivity index (χ0) is 12.1. The minimum absolute atomic E-state index is 0.345. The van der Waals surface area contributed by atoms with Crippen molar-refractivity contribution in [2.45, 2.75) is 32.4 Å². The first-order valence-corrected chi connectivity index (χ1v) is 6.36. The number of piperidine rings is 1. The van der Waals surface area contributed by atoms with E-state index >= 15 is 0 Å². The zero-order valence-corrected chi connectivity index (χ0v) is 10.4. The Bertz CT molecular complexity index is 354. The van der Waals surface area contributed by atoms with E-state index in [1.807, 2.05) is 25.1 Å². The summed E-state index contributed by atoms with van der Waals surface area (Å²) in [5.41, 5.74) is 6.56. The van der Waals surface area contributed by atoms with Gasteiger partial charge in [0.1, 0.15) is 5.82 Å². The second-order valence-corrected chi connectivity index (χ2v) is 4.36. The molecule has 1 fully saturated rings. The van der Waals surface area contributed by atoms with Gasteiger partial charge in [0.25, 0.3) is 0 Å². The number of nitrogens with two attached hydrogens (primary N) is 1. The van der Waals surface area contributed by atoms with Crippen LogP contribution in [0.4, 0.5) is 5.82 Å². The summed E-state index contributed by atoms with van der Waals surface area (Å²) in [6.07, 6.45) is 2.66. The van der Waals surface area contributed by atoms with Gasteiger partial charge in [-0.1, -0.05) is 6.07 Å². The predicted octanol–water partition coefficient (Wildman–Crippen LogP) is 1.55. The van der Waals surface area contributed by atoms with Crippen molar-refractivity contribution in [3.8, 4) is 0 Å². The lowest BCUT2D eigenvalue weighted by molar-refractivity contribution is 0.0525. The number of nitrogens with zero attached hydrogens (tertiary/aromatic N) is 2. The first kappa shape index (κ1) is 12.3. The molecule has 0 amide bonds. The predicted molar refractivity (Wildman–Crippen MR) is 69.0 cm³/mol. The van der Waals surface area contributed by atoms with Crippen LogP contribution >= 0.6 is 0 Å². The van der Waals surface area contributed by atoms with Gasteiger partial charge in [-0.25, -0.2) is 4.98 Å². The standard InChI is InChI=1S/C13H21N3O/c1-2-17-12-6-4-8-16(10-12)13-7-3-5-11(9-14)15-13/h3,5,7,12H,2,4,6,8-10,14H2,1H3. The van der Waals surface area contributed by atoms with Crippen LogP contribution in [0.15, 0.2) is 18.2 Å². The van der Waals surface area contributed by atoms with Gasteiger partial charge in [-0.05, 0) is 31.9 Å². The second kappa shape index (κ2) is 5.98. The topological polar surface area (TPSA) is 51.4 Å². The Hall–Kier alpha value is -1.13. The molecule has 0 saturated carbocycles. The molecule has 0 spiro atoms. The second-order valence-electron chi connectivity index (χ2n) is 4.36. The van der Waals surface area contributed by atoms with Crippen molar-refractivity contribution in [3.63, 3.8) is 0 Å². The van der Waals surface area contributed by atoms with E-state index in [4.69, 9.17) is 10.5 Å². The molecule has 0 aliphatic carbocycles. The van der Waals surface area contributed by atoms with E-state index in [9.17, 15) is 0 Å². The van der Waals surface area contributed by atoms with E-state index in [2.05, 4.69) is 9.88 Å². The van der Waals surface area contributed by atoms with Crippen molar-refractivity contribution in [1.29, 1.82) is 0 Å². The molecule has 94 valence electrons. The van der Waals surface area contributed by atoms with Gasteiger partial charge in [0, 0.05) is 26.2 Å². The summed E-state index contributed by atoms with van der Waals surface area (Å²) in [5.74, 6) is 1.03. The molecule has 0 radical (unpaired) electrons. The third kappa shape index (κ3) is 3.17. The maximum absolute atomic E-state index is 5.70. The van der Waals surface area contributed by atoms with Crippen LogP contribution in [-0.2, 0) is 11.3 Å². The summed E-state index contributed by atoms with van der Waals surface area (Å²) in [6, 6.07) is 6.04. The average Bonchev–Trinajstić information content (AvgIpc) is 2.40. The number of aromatic nitrogens is 1. The number of hydrogen-bond donors (Lipinski definition) is 1. The van der Waals surface area contributed by atoms with E-state index in [1.54, 1.807) is 0 Å². The highest BCUT2D eigenvalue weighted by atomic mass is 16.5. The quantitative estimate of drug-likeness (QED) is 0.860. The molecule has 2 N–H and O–H groups in total. The smallest absolute Gasteiger partial charge is 0.128 e. The van der Waals surface area contributed by atoms with Gasteiger partial charge in [0.2, 0.25) is 0 Å². The molecular weight excluding hydrogens is 214 g/mol. The molecule has 1 atom stereocenters. The molecule has 4 heteroatoms. The summed E-state index contributed by atoms with van der Waals surface area (Å²) in [6.45, 7) is 5.33. The van der Waals surface area contributed by atoms with E-state index in [-0.39, 0.29) is 0 Å². The van der Waals surface area contributed by atoms with Crippen LogP contribution < -0.4 is 10.6 Å². The fourth-order valence-corrected chi connectivity index (χ4v) is 2.27. The average molecular weight is 235 g/mol. The number of anilines is 1. The minimum Gasteiger partial charge on any atom is -0.377 e. The van der Waals surface area contributed by atoms with Gasteiger partial charge in [0.05, 0.1) is 11.8 Å². The number of rotatable bonds is 4. The van der Waals surface area contributed by atoms with Gasteiger partial charge in [0.15, 0.2) is 0 Å². The van der Waals surface area contributed by atoms with Crippen LogP contribution in [0.1, 0.15) is 25.5 Å². The van der Waals surface area contributed by atoms with Crippen molar-refractivity contribution in [2.75, 3.05) is 24.6 Å². The Balaban J connectivity index is 2.05. The molecule has 1 aromatic heterocycles. The van der Waals surface area contributed by atoms with E-state index in [0.717, 1.165) is 37.6 Å². The Morgan fingerprint density at radius 1 is 1.53 bits per heavy atom. The molecule has 1 aliphatic heterocycles. The van der Waals surface area contributed by atoms with Crippen molar-refractivity contribution in [2.24, 2.45) is 5.73 Å². The van der Waals surface area contributed by atoms with Gasteiger partial charge < -0.3 is 15.4 Å². The SMILES string of the molecule is CCOC1CCCN(c2cccc(CN)n2)C1. The lowest BCUT2D eigenvalue weighted by Gasteiger charge is -2.33. The van der Waals surface area contributed by atoms with E-state index < -0.39 is 0 Å². The largest absolute Gasteiger partial charge is 0.377 e. The molecule has 0 bridgehead atoms. The van der Waals surface area contributed by atoms with Crippen molar-refractivity contribution >= 4 is 5.82 Å². The van der Waals surface area contributed by atoms with Crippen molar-refractivity contribution in [1.82, 2.24) is 4.98 Å². The van der Waals surface area contributed by atoms with Crippen molar-refractivity contribution in [3.05, 3.63) is 23.9 Å². The first-order valence-electron chi connectivity index (χ1n) is 6.36. The van der Waals surface area contributed by atoms with Gasteiger partial charge in [-0.15, -0.1) is 0 Å². The lowest BCUT2D eigenvalue weighted by atomic mass is 10.1. The fourth-order valence-electron chi connectivity index (χ4n) is 2.27. The van der Waals surface area contributed by atoms with E-state index in [1.165, 1.54) is 6.42 Å². The van der Waals surface area contributed by atoms with Crippen LogP contribution in [0, 0.1) is 0 Å². The number of hydrogen-bond acceptors (Lipinski definition) is 4.